The van der Waals surface area contributed by atoms with Crippen LogP contribution in [0, 0.1) is 29.1 Å². The molecule has 178 valence electrons. The van der Waals surface area contributed by atoms with Crippen LogP contribution < -0.4 is 5.32 Å². The number of ether oxygens (including phenoxy) is 1. The predicted molar refractivity (Wildman–Crippen MR) is 61.8 cm³/mol. The average molecular weight is 495 g/mol. The summed E-state index contributed by atoms with van der Waals surface area (Å²) in [6.45, 7) is 0. The fraction of sp³-hybridized carbons (Fsp3) is 0.417. The van der Waals surface area contributed by atoms with Crippen LogP contribution in [0.1, 0.15) is 0 Å². The van der Waals surface area contributed by atoms with Gasteiger partial charge in [-0.2, -0.15) is 48.3 Å². The van der Waals surface area contributed by atoms with Crippen molar-refractivity contribution in [3.63, 3.8) is 0 Å². The van der Waals surface area contributed by atoms with E-state index in [9.17, 15) is 75.0 Å². The molecular weight excluding hydrogens is 494 g/mol. The van der Waals surface area contributed by atoms with Gasteiger partial charge in [0.25, 0.3) is 5.91 Å². The van der Waals surface area contributed by atoms with Crippen molar-refractivity contribution < 1.29 is 79.8 Å². The van der Waals surface area contributed by atoms with Crippen molar-refractivity contribution in [1.82, 2.24) is 0 Å². The van der Waals surface area contributed by atoms with Crippen molar-refractivity contribution >= 4 is 11.6 Å². The SMILES string of the molecule is O=C(Nc1c(F)c(F)c(F)c(F)c1F)[C@@](F)(OC(F)(F)C(F)(F)C(F)(F)F)C(F)(F)F. The summed E-state index contributed by atoms with van der Waals surface area (Å²) in [5.74, 6) is -33.7. The molecule has 1 atom stereocenters. The summed E-state index contributed by atoms with van der Waals surface area (Å²) >= 11 is 0. The van der Waals surface area contributed by atoms with Gasteiger partial charge in [-0.3, -0.25) is 9.53 Å². The first-order valence-corrected chi connectivity index (χ1v) is 6.64. The maximum absolute atomic E-state index is 13.9. The fourth-order valence-corrected chi connectivity index (χ4v) is 1.55. The zero-order chi connectivity index (χ0) is 25.0. The second-order valence-corrected chi connectivity index (χ2v) is 5.18. The van der Waals surface area contributed by atoms with Gasteiger partial charge in [0.05, 0.1) is 0 Å². The Hall–Kier alpha value is -2.47. The molecule has 1 aromatic carbocycles. The van der Waals surface area contributed by atoms with Gasteiger partial charge >= 0.3 is 30.2 Å². The summed E-state index contributed by atoms with van der Waals surface area (Å²) < 4.78 is 206. The third-order valence-electron chi connectivity index (χ3n) is 3.10. The molecule has 0 saturated heterocycles. The molecule has 0 saturated carbocycles. The smallest absolute Gasteiger partial charge is 0.316 e. The Morgan fingerprint density at radius 3 is 1.29 bits per heavy atom. The normalized spacial score (nSPS) is 15.6. The zero-order valence-electron chi connectivity index (χ0n) is 13.4. The first kappa shape index (κ1) is 26.6. The number of benzene rings is 1. The molecule has 1 amide bonds. The van der Waals surface area contributed by atoms with Crippen molar-refractivity contribution in [2.45, 2.75) is 30.2 Å². The molecule has 3 nitrogen and oxygen atoms in total. The summed E-state index contributed by atoms with van der Waals surface area (Å²) in [5, 5.41) is -0.0678. The number of anilines is 1. The number of alkyl halides is 11. The van der Waals surface area contributed by atoms with Crippen LogP contribution in [0.15, 0.2) is 0 Å². The third-order valence-corrected chi connectivity index (χ3v) is 3.10. The molecular formula is C12HF16NO2. The van der Waals surface area contributed by atoms with Crippen molar-refractivity contribution in [3.05, 3.63) is 29.1 Å². The minimum Gasteiger partial charge on any atom is -0.316 e. The van der Waals surface area contributed by atoms with E-state index in [-0.39, 0.29) is 5.32 Å². The molecule has 0 aliphatic carbocycles. The quantitative estimate of drug-likeness (QED) is 0.340. The maximum atomic E-state index is 13.9. The maximum Gasteiger partial charge on any atom is 0.462 e. The van der Waals surface area contributed by atoms with Crippen LogP contribution in [0.3, 0.4) is 0 Å². The summed E-state index contributed by atoms with van der Waals surface area (Å²) in [5.41, 5.74) is -2.80. The molecule has 0 unspecified atom stereocenters. The third kappa shape index (κ3) is 4.31. The Morgan fingerprint density at radius 2 is 0.968 bits per heavy atom. The fourth-order valence-electron chi connectivity index (χ4n) is 1.55. The van der Waals surface area contributed by atoms with Gasteiger partial charge in [0.2, 0.25) is 5.82 Å². The van der Waals surface area contributed by atoms with Gasteiger partial charge in [-0.15, -0.1) is 0 Å². The molecule has 19 heteroatoms. The number of hydrogen-bond donors (Lipinski definition) is 1. The number of hydrogen-bond acceptors (Lipinski definition) is 2. The molecule has 0 aliphatic heterocycles. The van der Waals surface area contributed by atoms with E-state index >= 15 is 0 Å². The van der Waals surface area contributed by atoms with Crippen LogP contribution in [0.25, 0.3) is 0 Å². The highest BCUT2D eigenvalue weighted by molar-refractivity contribution is 5.97. The topological polar surface area (TPSA) is 38.3 Å². The number of halogens is 16. The molecule has 0 radical (unpaired) electrons. The van der Waals surface area contributed by atoms with E-state index in [1.807, 2.05) is 0 Å². The first-order valence-electron chi connectivity index (χ1n) is 6.64. The van der Waals surface area contributed by atoms with E-state index in [2.05, 4.69) is 0 Å². The van der Waals surface area contributed by atoms with E-state index in [0.29, 0.717) is 0 Å². The van der Waals surface area contributed by atoms with Crippen LogP contribution in [0.5, 0.6) is 0 Å². The monoisotopic (exact) mass is 495 g/mol. The van der Waals surface area contributed by atoms with Gasteiger partial charge in [-0.25, -0.2) is 22.0 Å². The molecule has 0 aromatic heterocycles. The average Bonchev–Trinajstić information content (AvgIpc) is 2.59. The molecule has 0 fully saturated rings. The molecule has 31 heavy (non-hydrogen) atoms. The highest BCUT2D eigenvalue weighted by Gasteiger charge is 2.79. The summed E-state index contributed by atoms with van der Waals surface area (Å²) in [6, 6.07) is 0. The molecule has 0 bridgehead atoms. The van der Waals surface area contributed by atoms with Crippen molar-refractivity contribution in [1.29, 1.82) is 0 Å². The Kier molecular flexibility index (Phi) is 6.50. The van der Waals surface area contributed by atoms with Crippen LogP contribution in [0.4, 0.5) is 75.9 Å². The predicted octanol–water partition coefficient (Wildman–Crippen LogP) is 5.36. The molecule has 0 heterocycles. The van der Waals surface area contributed by atoms with E-state index in [4.69, 9.17) is 0 Å². The zero-order valence-corrected chi connectivity index (χ0v) is 13.4. The van der Waals surface area contributed by atoms with Crippen molar-refractivity contribution in [2.24, 2.45) is 0 Å². The second kappa shape index (κ2) is 7.59. The lowest BCUT2D eigenvalue weighted by atomic mass is 10.2. The molecule has 0 spiro atoms. The second-order valence-electron chi connectivity index (χ2n) is 5.18. The largest absolute Gasteiger partial charge is 0.462 e. The summed E-state index contributed by atoms with van der Waals surface area (Å²) in [4.78, 5) is 11.3. The standard InChI is InChI=1S/C12HF16NO2/c13-1-2(14)4(16)6(5(17)3(1)15)29-7(30)8(18,10(21,22)23)31-12(27,28)9(19,20)11(24,25)26/h(H,29,30)/t8-/m1/s1. The van der Waals surface area contributed by atoms with E-state index in [0.717, 1.165) is 0 Å². The van der Waals surface area contributed by atoms with Gasteiger partial charge in [-0.05, 0) is 0 Å². The van der Waals surface area contributed by atoms with Gasteiger partial charge in [-0.1, -0.05) is 0 Å². The van der Waals surface area contributed by atoms with Gasteiger partial charge in [0.15, 0.2) is 23.3 Å². The Morgan fingerprint density at radius 1 is 0.613 bits per heavy atom. The van der Waals surface area contributed by atoms with Crippen molar-refractivity contribution in [3.8, 4) is 0 Å². The van der Waals surface area contributed by atoms with Crippen LogP contribution >= 0.6 is 0 Å². The van der Waals surface area contributed by atoms with E-state index in [1.165, 1.54) is 0 Å². The van der Waals surface area contributed by atoms with Gasteiger partial charge in [0.1, 0.15) is 5.69 Å². The molecule has 0 aliphatic rings. The Balaban J connectivity index is 3.54. The van der Waals surface area contributed by atoms with Crippen LogP contribution in [0.2, 0.25) is 0 Å². The summed E-state index contributed by atoms with van der Waals surface area (Å²) in [7, 11) is 0. The minimum atomic E-state index is -7.56. The lowest BCUT2D eigenvalue weighted by molar-refractivity contribution is -0.472. The van der Waals surface area contributed by atoms with Crippen molar-refractivity contribution in [2.75, 3.05) is 5.32 Å². The van der Waals surface area contributed by atoms with Crippen LogP contribution in [-0.4, -0.2) is 36.1 Å². The van der Waals surface area contributed by atoms with Gasteiger partial charge in [0, 0.05) is 0 Å². The number of carbonyl (C=O) groups is 1. The molecule has 1 N–H and O–H groups in total. The van der Waals surface area contributed by atoms with E-state index < -0.39 is 70.9 Å². The first-order chi connectivity index (χ1) is 13.5. The highest BCUT2D eigenvalue weighted by atomic mass is 19.4. The van der Waals surface area contributed by atoms with Gasteiger partial charge < -0.3 is 5.32 Å². The Bertz CT molecular complexity index is 846. The van der Waals surface area contributed by atoms with Crippen LogP contribution in [-0.2, 0) is 9.53 Å². The highest BCUT2D eigenvalue weighted by Crippen LogP contribution is 2.51. The summed E-state index contributed by atoms with van der Waals surface area (Å²) in [6.07, 6.45) is -22.1. The molecule has 1 rings (SSSR count). The molecule has 1 aromatic rings. The lowest BCUT2D eigenvalue weighted by Crippen LogP contribution is -2.62. The number of nitrogens with one attached hydrogen (secondary N) is 1. The van der Waals surface area contributed by atoms with E-state index in [1.54, 1.807) is 4.74 Å². The number of rotatable bonds is 5. The Labute approximate surface area is 157 Å². The number of carbonyl (C=O) groups excluding carboxylic acids is 1. The lowest BCUT2D eigenvalue weighted by Gasteiger charge is -2.34. The number of amides is 1. The minimum absolute atomic E-state index is 0.0678.